The van der Waals surface area contributed by atoms with Gasteiger partial charge in [-0.3, -0.25) is 9.52 Å². The third kappa shape index (κ3) is 10.0. The van der Waals surface area contributed by atoms with Crippen LogP contribution in [-0.4, -0.2) is 44.2 Å². The number of alkyl halides is 2. The summed E-state index contributed by atoms with van der Waals surface area (Å²) in [5.41, 5.74) is 2.87. The lowest BCUT2D eigenvalue weighted by Crippen LogP contribution is -2.16. The number of halogens is 3. The summed E-state index contributed by atoms with van der Waals surface area (Å²) in [6.45, 7) is 3.05. The number of aromatic nitrogens is 1. The van der Waals surface area contributed by atoms with Crippen molar-refractivity contribution < 1.29 is 18.3 Å². The number of methoxy groups -OCH3 is 1. The predicted molar refractivity (Wildman–Crippen MR) is 148 cm³/mol. The van der Waals surface area contributed by atoms with Gasteiger partial charge in [0, 0.05) is 41.5 Å². The number of hydrogen-bond acceptors (Lipinski definition) is 8. The molecule has 198 valence electrons. The maximum absolute atomic E-state index is 12.7. The van der Waals surface area contributed by atoms with Crippen molar-refractivity contribution in [3.8, 4) is 6.07 Å². The van der Waals surface area contributed by atoms with Crippen LogP contribution in [-0.2, 0) is 17.7 Å². The Morgan fingerprint density at radius 1 is 1.30 bits per heavy atom. The highest BCUT2D eigenvalue weighted by Crippen LogP contribution is 2.33. The molecule has 11 heteroatoms. The third-order valence-corrected chi connectivity index (χ3v) is 7.19. The van der Waals surface area contributed by atoms with Crippen molar-refractivity contribution in [1.29, 1.82) is 5.26 Å². The zero-order chi connectivity index (χ0) is 27.2. The maximum Gasteiger partial charge on any atom is 0.242 e. The van der Waals surface area contributed by atoms with Gasteiger partial charge in [-0.2, -0.15) is 5.26 Å². The molecule has 1 heterocycles. The number of nitrogens with one attached hydrogen (secondary N) is 1. The summed E-state index contributed by atoms with van der Waals surface area (Å²) in [6, 6.07) is 14.1. The number of rotatable bonds is 12. The Morgan fingerprint density at radius 3 is 2.57 bits per heavy atom. The largest absolute Gasteiger partial charge is 0.385 e. The second-order valence-corrected chi connectivity index (χ2v) is 10.4. The van der Waals surface area contributed by atoms with Crippen molar-refractivity contribution in [3.05, 3.63) is 74.7 Å². The fourth-order valence-corrected chi connectivity index (χ4v) is 4.83. The van der Waals surface area contributed by atoms with Crippen LogP contribution in [0.3, 0.4) is 0 Å². The Morgan fingerprint density at radius 2 is 2.03 bits per heavy atom. The zero-order valence-corrected chi connectivity index (χ0v) is 23.2. The molecule has 3 aromatic rings. The van der Waals surface area contributed by atoms with Gasteiger partial charge in [0.25, 0.3) is 0 Å². The number of ether oxygens (including phenoxy) is 1. The van der Waals surface area contributed by atoms with Crippen molar-refractivity contribution in [2.24, 2.45) is 0 Å². The molecule has 0 bridgehead atoms. The van der Waals surface area contributed by atoms with E-state index in [1.165, 1.54) is 11.3 Å². The van der Waals surface area contributed by atoms with Gasteiger partial charge in [-0.15, -0.1) is 11.3 Å². The van der Waals surface area contributed by atoms with Gasteiger partial charge in [0.15, 0.2) is 11.4 Å². The SMILES string of the molecule is CNSCCCOC.Cc1sc(N(Cc2ccc(CC(F)F)c(Cl)c2)c2ccc(C#N)cc2)nc1C=O. The van der Waals surface area contributed by atoms with Crippen molar-refractivity contribution in [2.75, 3.05) is 31.4 Å². The minimum atomic E-state index is -2.46. The first-order chi connectivity index (χ1) is 17.8. The van der Waals surface area contributed by atoms with Crippen LogP contribution in [0.15, 0.2) is 42.5 Å². The molecule has 0 saturated heterocycles. The van der Waals surface area contributed by atoms with Gasteiger partial charge in [0.2, 0.25) is 6.43 Å². The quantitative estimate of drug-likeness (QED) is 0.146. The number of thiazole rings is 1. The Bertz CT molecular complexity index is 1160. The zero-order valence-electron chi connectivity index (χ0n) is 20.8. The van der Waals surface area contributed by atoms with E-state index in [2.05, 4.69) is 15.8 Å². The summed E-state index contributed by atoms with van der Waals surface area (Å²) in [6.07, 6.45) is -1.02. The topological polar surface area (TPSA) is 78.2 Å². The lowest BCUT2D eigenvalue weighted by Gasteiger charge is -2.22. The summed E-state index contributed by atoms with van der Waals surface area (Å²) in [7, 11) is 3.65. The highest BCUT2D eigenvalue weighted by atomic mass is 35.5. The molecule has 1 N–H and O–H groups in total. The van der Waals surface area contributed by atoms with Crippen LogP contribution in [0.4, 0.5) is 19.6 Å². The van der Waals surface area contributed by atoms with Crippen molar-refractivity contribution in [2.45, 2.75) is 32.7 Å². The van der Waals surface area contributed by atoms with E-state index in [9.17, 15) is 13.6 Å². The molecule has 6 nitrogen and oxygen atoms in total. The molecule has 0 amide bonds. The number of aryl methyl sites for hydroxylation is 1. The first-order valence-electron chi connectivity index (χ1n) is 11.4. The average molecular weight is 567 g/mol. The van der Waals surface area contributed by atoms with Crippen LogP contribution in [0.2, 0.25) is 5.02 Å². The van der Waals surface area contributed by atoms with Gasteiger partial charge in [-0.05, 0) is 61.9 Å². The number of aldehydes is 1. The smallest absolute Gasteiger partial charge is 0.242 e. The molecular weight excluding hydrogens is 538 g/mol. The number of hydrogen-bond donors (Lipinski definition) is 1. The minimum absolute atomic E-state index is 0.284. The summed E-state index contributed by atoms with van der Waals surface area (Å²) in [4.78, 5) is 18.3. The fraction of sp³-hybridized carbons (Fsp3) is 0.346. The van der Waals surface area contributed by atoms with Crippen LogP contribution in [0.1, 0.15) is 38.5 Å². The van der Waals surface area contributed by atoms with Gasteiger partial charge in [-0.1, -0.05) is 35.7 Å². The molecule has 0 unspecified atom stereocenters. The van der Waals surface area contributed by atoms with Crippen LogP contribution in [0.5, 0.6) is 0 Å². The number of carbonyl (C=O) groups excluding carboxylic acids is 1. The van der Waals surface area contributed by atoms with Gasteiger partial charge in [0.05, 0.1) is 18.2 Å². The first kappa shape index (κ1) is 30.7. The van der Waals surface area contributed by atoms with Crippen LogP contribution in [0, 0.1) is 18.3 Å². The van der Waals surface area contributed by atoms with E-state index in [1.54, 1.807) is 61.5 Å². The van der Waals surface area contributed by atoms with Gasteiger partial charge in [-0.25, -0.2) is 13.8 Å². The molecule has 0 atom stereocenters. The maximum atomic E-state index is 12.7. The molecule has 37 heavy (non-hydrogen) atoms. The molecule has 0 aliphatic heterocycles. The van der Waals surface area contributed by atoms with E-state index < -0.39 is 12.8 Å². The van der Waals surface area contributed by atoms with Gasteiger partial charge in [0.1, 0.15) is 5.69 Å². The van der Waals surface area contributed by atoms with E-state index in [4.69, 9.17) is 21.6 Å². The normalized spacial score (nSPS) is 10.5. The van der Waals surface area contributed by atoms with Gasteiger partial charge >= 0.3 is 0 Å². The van der Waals surface area contributed by atoms with Crippen LogP contribution < -0.4 is 9.62 Å². The summed E-state index contributed by atoms with van der Waals surface area (Å²) < 4.78 is 33.2. The number of nitrogens with zero attached hydrogens (tertiary/aromatic N) is 3. The van der Waals surface area contributed by atoms with E-state index in [0.717, 1.165) is 34.9 Å². The van der Waals surface area contributed by atoms with E-state index in [0.29, 0.717) is 34.8 Å². The second kappa shape index (κ2) is 16.3. The number of anilines is 2. The van der Waals surface area contributed by atoms with Crippen molar-refractivity contribution in [3.63, 3.8) is 0 Å². The van der Waals surface area contributed by atoms with Crippen LogP contribution >= 0.6 is 34.9 Å². The van der Waals surface area contributed by atoms with Crippen molar-refractivity contribution in [1.82, 2.24) is 9.71 Å². The Balaban J connectivity index is 0.000000521. The molecule has 0 saturated carbocycles. The highest BCUT2D eigenvalue weighted by Gasteiger charge is 2.18. The molecular formula is C26H29ClF2N4O2S2. The molecule has 0 spiro atoms. The van der Waals surface area contributed by atoms with E-state index in [-0.39, 0.29) is 5.02 Å². The Hall–Kier alpha value is -2.55. The minimum Gasteiger partial charge on any atom is -0.385 e. The predicted octanol–water partition coefficient (Wildman–Crippen LogP) is 6.83. The standard InChI is InChI=1S/C21H16ClF2N3OS.C5H13NOS/c1-13-19(12-28)26-21(29-13)27(17-6-3-14(10-25)4-7-17)11-15-2-5-16(9-20(23)24)18(22)8-15;1-6-8-5-3-4-7-2/h2-8,12,20H,9,11H2,1H3;6H,3-5H2,1-2H3. The van der Waals surface area contributed by atoms with Crippen molar-refractivity contribution >= 4 is 52.0 Å². The Labute approximate surface area is 229 Å². The highest BCUT2D eigenvalue weighted by molar-refractivity contribution is 7.97. The number of nitriles is 1. The third-order valence-electron chi connectivity index (χ3n) is 5.04. The summed E-state index contributed by atoms with van der Waals surface area (Å²) in [5, 5.41) is 9.93. The van der Waals surface area contributed by atoms with E-state index in [1.807, 2.05) is 18.9 Å². The average Bonchev–Trinajstić information content (AvgIpc) is 3.27. The molecule has 0 radical (unpaired) electrons. The lowest BCUT2D eigenvalue weighted by atomic mass is 10.1. The van der Waals surface area contributed by atoms with Crippen LogP contribution in [0.25, 0.3) is 0 Å². The second-order valence-electron chi connectivity index (χ2n) is 7.72. The fourth-order valence-electron chi connectivity index (χ4n) is 3.18. The number of carbonyl (C=O) groups is 1. The first-order valence-corrected chi connectivity index (χ1v) is 13.5. The molecule has 0 aliphatic carbocycles. The van der Waals surface area contributed by atoms with Gasteiger partial charge < -0.3 is 9.64 Å². The van der Waals surface area contributed by atoms with E-state index >= 15 is 0 Å². The molecule has 0 fully saturated rings. The molecule has 0 aliphatic rings. The summed E-state index contributed by atoms with van der Waals surface area (Å²) >= 11 is 9.28. The Kier molecular flexibility index (Phi) is 13.5. The molecule has 3 rings (SSSR count). The lowest BCUT2D eigenvalue weighted by molar-refractivity contribution is 0.111. The molecule has 1 aromatic heterocycles. The molecule has 2 aromatic carbocycles. The number of benzene rings is 2. The monoisotopic (exact) mass is 566 g/mol. The summed E-state index contributed by atoms with van der Waals surface area (Å²) in [5.74, 6) is 1.13.